The second-order valence-electron chi connectivity index (χ2n) is 3.35. The van der Waals surface area contributed by atoms with E-state index in [1.54, 1.807) is 6.26 Å². The zero-order valence-corrected chi connectivity index (χ0v) is 8.14. The molecule has 0 fully saturated rings. The van der Waals surface area contributed by atoms with Crippen molar-refractivity contribution >= 4 is 8.32 Å². The molecule has 0 saturated heterocycles. The maximum absolute atomic E-state index is 8.60. The van der Waals surface area contributed by atoms with Gasteiger partial charge in [0.2, 0.25) is 8.32 Å². The van der Waals surface area contributed by atoms with E-state index in [2.05, 4.69) is 19.6 Å². The van der Waals surface area contributed by atoms with Crippen LogP contribution in [-0.4, -0.2) is 20.0 Å². The van der Waals surface area contributed by atoms with Gasteiger partial charge in [-0.25, -0.2) is 0 Å². The predicted octanol–water partition coefficient (Wildman–Crippen LogP) is 1.73. The average molecular weight is 160 g/mol. The summed E-state index contributed by atoms with van der Waals surface area (Å²) in [5.74, 6) is 0. The summed E-state index contributed by atoms with van der Waals surface area (Å²) in [4.78, 5) is 0. The predicted molar refractivity (Wildman–Crippen MR) is 45.3 cm³/mol. The Morgan fingerprint density at radius 2 is 2.00 bits per heavy atom. The van der Waals surface area contributed by atoms with Gasteiger partial charge in [0.25, 0.3) is 0 Å². The summed E-state index contributed by atoms with van der Waals surface area (Å²) < 4.78 is 5.40. The summed E-state index contributed by atoms with van der Waals surface area (Å²) in [7, 11) is -1.42. The Bertz CT molecular complexity index is 124. The number of aliphatic hydroxyl groups is 1. The first-order valence-corrected chi connectivity index (χ1v) is 6.81. The molecule has 10 heavy (non-hydrogen) atoms. The van der Waals surface area contributed by atoms with Crippen molar-refractivity contribution in [2.24, 2.45) is 0 Å². The van der Waals surface area contributed by atoms with Crippen LogP contribution in [0.2, 0.25) is 19.6 Å². The number of aliphatic hydroxyl groups excluding tert-OH is 1. The molecule has 0 saturated carbocycles. The number of hydrogen-bond acceptors (Lipinski definition) is 2. The van der Waals surface area contributed by atoms with Crippen LogP contribution in [-0.2, 0) is 4.43 Å². The molecular weight excluding hydrogens is 144 g/mol. The van der Waals surface area contributed by atoms with Crippen LogP contribution in [0.5, 0.6) is 0 Å². The van der Waals surface area contributed by atoms with Crippen LogP contribution in [0.15, 0.2) is 11.8 Å². The lowest BCUT2D eigenvalue weighted by atomic mass is 10.4. The molecule has 0 aliphatic heterocycles. The molecule has 0 aliphatic rings. The van der Waals surface area contributed by atoms with Crippen molar-refractivity contribution in [3.63, 3.8) is 0 Å². The van der Waals surface area contributed by atoms with Crippen LogP contribution in [0.25, 0.3) is 0 Å². The third-order valence-electron chi connectivity index (χ3n) is 0.863. The standard InChI is InChI=1S/C7H16O2Si/c1-7(5-8)6-9-10(2,3)4/h6,8H,5H2,1-4H3. The van der Waals surface area contributed by atoms with E-state index in [1.807, 2.05) is 6.92 Å². The van der Waals surface area contributed by atoms with Crippen molar-refractivity contribution < 1.29 is 9.53 Å². The minimum atomic E-state index is -1.42. The van der Waals surface area contributed by atoms with E-state index in [4.69, 9.17) is 9.53 Å². The van der Waals surface area contributed by atoms with Gasteiger partial charge in [-0.05, 0) is 32.1 Å². The molecule has 3 heteroatoms. The van der Waals surface area contributed by atoms with E-state index in [-0.39, 0.29) is 6.61 Å². The highest BCUT2D eigenvalue weighted by Gasteiger charge is 2.13. The zero-order valence-electron chi connectivity index (χ0n) is 7.14. The topological polar surface area (TPSA) is 29.5 Å². The first-order valence-electron chi connectivity index (χ1n) is 3.40. The fourth-order valence-corrected chi connectivity index (χ4v) is 0.869. The van der Waals surface area contributed by atoms with Gasteiger partial charge in [0.1, 0.15) is 0 Å². The smallest absolute Gasteiger partial charge is 0.241 e. The van der Waals surface area contributed by atoms with Crippen LogP contribution < -0.4 is 0 Å². The molecule has 0 rings (SSSR count). The lowest BCUT2D eigenvalue weighted by Gasteiger charge is -2.15. The third-order valence-corrected chi connectivity index (χ3v) is 1.69. The molecule has 0 aromatic rings. The summed E-state index contributed by atoms with van der Waals surface area (Å²) in [5, 5.41) is 8.60. The molecule has 0 spiro atoms. The average Bonchev–Trinajstić information content (AvgIpc) is 1.81. The second kappa shape index (κ2) is 3.78. The molecular formula is C7H16O2Si. The Kier molecular flexibility index (Phi) is 3.67. The maximum Gasteiger partial charge on any atom is 0.241 e. The summed E-state index contributed by atoms with van der Waals surface area (Å²) >= 11 is 0. The van der Waals surface area contributed by atoms with E-state index in [9.17, 15) is 0 Å². The maximum atomic E-state index is 8.60. The fourth-order valence-electron chi connectivity index (χ4n) is 0.315. The van der Waals surface area contributed by atoms with Crippen LogP contribution in [0, 0.1) is 0 Å². The Morgan fingerprint density at radius 3 is 2.30 bits per heavy atom. The Balaban J connectivity index is 3.73. The molecule has 0 heterocycles. The highest BCUT2D eigenvalue weighted by atomic mass is 28.4. The van der Waals surface area contributed by atoms with Crippen LogP contribution in [0.3, 0.4) is 0 Å². The highest BCUT2D eigenvalue weighted by Crippen LogP contribution is 2.04. The minimum Gasteiger partial charge on any atom is -0.550 e. The molecule has 0 radical (unpaired) electrons. The highest BCUT2D eigenvalue weighted by molar-refractivity contribution is 6.69. The normalized spacial score (nSPS) is 13.5. The molecule has 2 nitrogen and oxygen atoms in total. The van der Waals surface area contributed by atoms with Crippen molar-refractivity contribution in [3.8, 4) is 0 Å². The largest absolute Gasteiger partial charge is 0.550 e. The monoisotopic (exact) mass is 160 g/mol. The van der Waals surface area contributed by atoms with Crippen molar-refractivity contribution in [1.82, 2.24) is 0 Å². The number of rotatable bonds is 3. The summed E-state index contributed by atoms with van der Waals surface area (Å²) in [5.41, 5.74) is 0.877. The Morgan fingerprint density at radius 1 is 1.50 bits per heavy atom. The third kappa shape index (κ3) is 5.85. The van der Waals surface area contributed by atoms with Gasteiger partial charge in [-0.1, -0.05) is 0 Å². The van der Waals surface area contributed by atoms with Gasteiger partial charge in [-0.2, -0.15) is 0 Å². The molecule has 0 aromatic carbocycles. The zero-order chi connectivity index (χ0) is 8.20. The SMILES string of the molecule is CC(=CO[Si](C)(C)C)CO. The molecule has 0 bridgehead atoms. The summed E-state index contributed by atoms with van der Waals surface area (Å²) in [6, 6.07) is 0. The van der Waals surface area contributed by atoms with Crippen molar-refractivity contribution in [2.75, 3.05) is 6.61 Å². The van der Waals surface area contributed by atoms with Gasteiger partial charge in [0.05, 0.1) is 12.9 Å². The molecule has 0 amide bonds. The Labute approximate surface area is 63.7 Å². The molecule has 0 aromatic heterocycles. The summed E-state index contributed by atoms with van der Waals surface area (Å²) in [6.45, 7) is 8.25. The first kappa shape index (κ1) is 9.72. The summed E-state index contributed by atoms with van der Waals surface area (Å²) in [6.07, 6.45) is 1.66. The van der Waals surface area contributed by atoms with Crippen LogP contribution in [0.1, 0.15) is 6.92 Å². The van der Waals surface area contributed by atoms with Gasteiger partial charge < -0.3 is 9.53 Å². The van der Waals surface area contributed by atoms with E-state index in [1.165, 1.54) is 0 Å². The lowest BCUT2D eigenvalue weighted by molar-refractivity contribution is 0.324. The second-order valence-corrected chi connectivity index (χ2v) is 7.81. The van der Waals surface area contributed by atoms with Crippen molar-refractivity contribution in [1.29, 1.82) is 0 Å². The quantitative estimate of drug-likeness (QED) is 0.503. The van der Waals surface area contributed by atoms with Crippen LogP contribution in [0.4, 0.5) is 0 Å². The minimum absolute atomic E-state index is 0.0878. The van der Waals surface area contributed by atoms with E-state index < -0.39 is 8.32 Å². The molecule has 1 N–H and O–H groups in total. The van der Waals surface area contributed by atoms with Crippen molar-refractivity contribution in [3.05, 3.63) is 11.8 Å². The molecule has 60 valence electrons. The van der Waals surface area contributed by atoms with E-state index in [0.717, 1.165) is 5.57 Å². The van der Waals surface area contributed by atoms with Gasteiger partial charge >= 0.3 is 0 Å². The first-order chi connectivity index (χ1) is 4.45. The van der Waals surface area contributed by atoms with Crippen molar-refractivity contribution in [2.45, 2.75) is 26.6 Å². The van der Waals surface area contributed by atoms with Crippen LogP contribution >= 0.6 is 0 Å². The fraction of sp³-hybridized carbons (Fsp3) is 0.714. The molecule has 0 unspecified atom stereocenters. The number of hydrogen-bond donors (Lipinski definition) is 1. The van der Waals surface area contributed by atoms with Gasteiger partial charge in [-0.3, -0.25) is 0 Å². The van der Waals surface area contributed by atoms with Gasteiger partial charge in [0, 0.05) is 0 Å². The molecule has 0 atom stereocenters. The van der Waals surface area contributed by atoms with E-state index >= 15 is 0 Å². The molecule has 0 aliphatic carbocycles. The Hall–Kier alpha value is -0.283. The van der Waals surface area contributed by atoms with Gasteiger partial charge in [-0.15, -0.1) is 0 Å². The van der Waals surface area contributed by atoms with E-state index in [0.29, 0.717) is 0 Å². The lowest BCUT2D eigenvalue weighted by Crippen LogP contribution is -2.22. The van der Waals surface area contributed by atoms with Gasteiger partial charge in [0.15, 0.2) is 0 Å².